The van der Waals surface area contributed by atoms with Gasteiger partial charge in [-0.3, -0.25) is 14.6 Å². The Bertz CT molecular complexity index is 2730. The average Bonchev–Trinajstić information content (AvgIpc) is 3.72. The van der Waals surface area contributed by atoms with Crippen LogP contribution in [-0.4, -0.2) is 48.8 Å². The van der Waals surface area contributed by atoms with Crippen LogP contribution in [-0.2, 0) is 21.7 Å². The van der Waals surface area contributed by atoms with Crippen LogP contribution in [0.5, 0.6) is 11.5 Å². The van der Waals surface area contributed by atoms with Crippen LogP contribution in [0.1, 0.15) is 44.3 Å². The molecule has 0 saturated carbocycles. The fourth-order valence-electron chi connectivity index (χ4n) is 7.28. The maximum Gasteiger partial charge on any atom is 0.340 e. The van der Waals surface area contributed by atoms with Gasteiger partial charge in [0.15, 0.2) is 17.2 Å². The number of aryl methyl sites for hydroxylation is 1. The number of ether oxygens (including phenoxy) is 2. The van der Waals surface area contributed by atoms with E-state index in [2.05, 4.69) is 20.6 Å². The third-order valence-corrected chi connectivity index (χ3v) is 9.87. The average molecular weight is 745 g/mol. The molecule has 7 aromatic rings. The summed E-state index contributed by atoms with van der Waals surface area (Å²) in [6, 6.07) is 23.9. The first kappa shape index (κ1) is 34.0. The lowest BCUT2D eigenvalue weighted by Crippen LogP contribution is -2.33. The third kappa shape index (κ3) is 5.48. The number of anilines is 4. The van der Waals surface area contributed by atoms with Gasteiger partial charge in [-0.05, 0) is 61.5 Å². The van der Waals surface area contributed by atoms with Crippen molar-refractivity contribution in [3.05, 3.63) is 131 Å². The number of hydrogen-bond donors (Lipinski definition) is 5. The maximum atomic E-state index is 13.5. The Morgan fingerprint density at radius 2 is 1.55 bits per heavy atom. The highest BCUT2D eigenvalue weighted by Gasteiger charge is 2.53. The fourth-order valence-corrected chi connectivity index (χ4v) is 7.28. The highest BCUT2D eigenvalue weighted by atomic mass is 16.6. The summed E-state index contributed by atoms with van der Waals surface area (Å²) in [5, 5.41) is 5.42. The van der Waals surface area contributed by atoms with Gasteiger partial charge in [0.1, 0.15) is 22.7 Å². The molecule has 2 amide bonds. The molecule has 56 heavy (non-hydrogen) atoms. The molecule has 3 aromatic heterocycles. The van der Waals surface area contributed by atoms with E-state index >= 15 is 0 Å². The number of nitrogens with two attached hydrogens (primary N) is 3. The number of nitrogens with zero attached hydrogens (tertiary/aromatic N) is 5. The zero-order valence-electron chi connectivity index (χ0n) is 29.7. The van der Waals surface area contributed by atoms with Crippen LogP contribution in [0.4, 0.5) is 22.9 Å². The molecule has 0 fully saturated rings. The number of fused-ring (bicyclic) bond motifs is 7. The molecule has 0 bridgehead atoms. The minimum Gasteiger partial charge on any atom is -0.456 e. The summed E-state index contributed by atoms with van der Waals surface area (Å²) in [5.74, 6) is 0.0412. The summed E-state index contributed by atoms with van der Waals surface area (Å²) in [7, 11) is 0. The predicted molar refractivity (Wildman–Crippen MR) is 209 cm³/mol. The lowest BCUT2D eigenvalue weighted by molar-refractivity contribution is -0.115. The number of aromatic nitrogens is 5. The van der Waals surface area contributed by atoms with Crippen LogP contribution in [0.25, 0.3) is 33.8 Å². The molecule has 5 heterocycles. The van der Waals surface area contributed by atoms with Crippen LogP contribution < -0.4 is 32.6 Å². The minimum absolute atomic E-state index is 0.173. The van der Waals surface area contributed by atoms with Gasteiger partial charge >= 0.3 is 5.97 Å². The normalized spacial score (nSPS) is 13.3. The molecule has 15 heteroatoms. The van der Waals surface area contributed by atoms with Gasteiger partial charge in [0, 0.05) is 69.8 Å². The second-order valence-corrected chi connectivity index (χ2v) is 13.3. The smallest absolute Gasteiger partial charge is 0.340 e. The standard InChI is InChI=1S/C41H32N10O5/c1-2-51-32-13-14-45-18-31(32)50-38(51)36-37(44)46-19-30(49-36)21-3-8-25(9-4-21)48-35(52)20-47-39(53)22-5-10-27-26(15-22)40(54)56-41(27)28-11-6-23(42)16-33(28)55-34-17-24(43)7-12-29(34)41/h3-19H,2,20,42-43H2,1H3,(H2,44,46)(H,47,53)(H,48,52). The Labute approximate surface area is 318 Å². The van der Waals surface area contributed by atoms with Crippen LogP contribution in [0.3, 0.4) is 0 Å². The van der Waals surface area contributed by atoms with Gasteiger partial charge in [-0.15, -0.1) is 0 Å². The molecule has 0 radical (unpaired) electrons. The number of hydrogen-bond acceptors (Lipinski definition) is 12. The maximum absolute atomic E-state index is 13.5. The Morgan fingerprint density at radius 1 is 0.839 bits per heavy atom. The SMILES string of the molecule is CCn1c(-c2nc(-c3ccc(NC(=O)CNC(=O)c4ccc5c(c4)C(=O)OC54c5ccc(N)cc5Oc5cc(N)ccc54)cc3)cnc2N)nc2cnccc21. The van der Waals surface area contributed by atoms with Gasteiger partial charge < -0.3 is 41.9 Å². The van der Waals surface area contributed by atoms with E-state index in [0.717, 1.165) is 16.6 Å². The predicted octanol–water partition coefficient (Wildman–Crippen LogP) is 5.26. The van der Waals surface area contributed by atoms with Crippen molar-refractivity contribution in [1.29, 1.82) is 0 Å². The van der Waals surface area contributed by atoms with Gasteiger partial charge in [0.25, 0.3) is 5.91 Å². The van der Waals surface area contributed by atoms with E-state index in [1.807, 2.05) is 17.6 Å². The first-order chi connectivity index (χ1) is 27.1. The second kappa shape index (κ2) is 12.9. The molecule has 0 unspecified atom stereocenters. The minimum atomic E-state index is -1.35. The fraction of sp³-hybridized carbons (Fsp3) is 0.0976. The molecule has 1 spiro atoms. The van der Waals surface area contributed by atoms with Gasteiger partial charge in [-0.1, -0.05) is 18.2 Å². The van der Waals surface area contributed by atoms with Crippen molar-refractivity contribution < 1.29 is 23.9 Å². The molecule has 9 rings (SSSR count). The summed E-state index contributed by atoms with van der Waals surface area (Å²) < 4.78 is 14.3. The summed E-state index contributed by atoms with van der Waals surface area (Å²) in [6.45, 7) is 2.33. The number of pyridine rings is 1. The quantitative estimate of drug-likeness (QED) is 0.104. The lowest BCUT2D eigenvalue weighted by atomic mass is 9.77. The molecule has 276 valence electrons. The number of nitrogen functional groups attached to an aromatic ring is 3. The largest absolute Gasteiger partial charge is 0.456 e. The van der Waals surface area contributed by atoms with Crippen molar-refractivity contribution in [2.45, 2.75) is 19.1 Å². The number of benzene rings is 4. The van der Waals surface area contributed by atoms with Crippen LogP contribution >= 0.6 is 0 Å². The van der Waals surface area contributed by atoms with Crippen molar-refractivity contribution in [2.75, 3.05) is 29.1 Å². The van der Waals surface area contributed by atoms with E-state index < -0.39 is 23.4 Å². The number of amides is 2. The topological polar surface area (TPSA) is 228 Å². The lowest BCUT2D eigenvalue weighted by Gasteiger charge is -2.36. The Morgan fingerprint density at radius 3 is 2.27 bits per heavy atom. The number of imidazole rings is 1. The zero-order valence-corrected chi connectivity index (χ0v) is 29.7. The molecule has 2 aliphatic heterocycles. The molecule has 0 atom stereocenters. The van der Waals surface area contributed by atoms with E-state index in [-0.39, 0.29) is 23.5 Å². The van der Waals surface area contributed by atoms with Crippen LogP contribution in [0, 0.1) is 0 Å². The molecule has 15 nitrogen and oxygen atoms in total. The number of carbonyl (C=O) groups is 3. The first-order valence-electron chi connectivity index (χ1n) is 17.6. The Kier molecular flexibility index (Phi) is 7.86. The van der Waals surface area contributed by atoms with Crippen LogP contribution in [0.15, 0.2) is 104 Å². The molecule has 4 aromatic carbocycles. The molecule has 0 aliphatic carbocycles. The molecular formula is C41H32N10O5. The summed E-state index contributed by atoms with van der Waals surface area (Å²) in [5.41, 5.74) is 23.9. The van der Waals surface area contributed by atoms with Crippen molar-refractivity contribution in [2.24, 2.45) is 0 Å². The summed E-state index contributed by atoms with van der Waals surface area (Å²) in [4.78, 5) is 57.7. The molecular weight excluding hydrogens is 713 g/mol. The van der Waals surface area contributed by atoms with E-state index in [0.29, 0.717) is 69.0 Å². The zero-order chi connectivity index (χ0) is 38.7. The monoisotopic (exact) mass is 744 g/mol. The molecule has 2 aliphatic rings. The van der Waals surface area contributed by atoms with Gasteiger partial charge in [-0.2, -0.15) is 0 Å². The number of rotatable bonds is 7. The summed E-state index contributed by atoms with van der Waals surface area (Å²) >= 11 is 0. The first-order valence-corrected chi connectivity index (χ1v) is 17.6. The Balaban J connectivity index is 0.896. The second-order valence-electron chi connectivity index (χ2n) is 13.3. The van der Waals surface area contributed by atoms with E-state index in [4.69, 9.17) is 36.6 Å². The number of nitrogens with one attached hydrogen (secondary N) is 2. The van der Waals surface area contributed by atoms with Crippen molar-refractivity contribution in [3.63, 3.8) is 0 Å². The van der Waals surface area contributed by atoms with Gasteiger partial charge in [0.2, 0.25) is 5.91 Å². The molecule has 8 N–H and O–H groups in total. The Hall–Kier alpha value is -7.81. The highest BCUT2D eigenvalue weighted by molar-refractivity contribution is 6.03. The van der Waals surface area contributed by atoms with Crippen molar-refractivity contribution in [1.82, 2.24) is 29.8 Å². The molecule has 0 saturated heterocycles. The highest BCUT2D eigenvalue weighted by Crippen LogP contribution is 2.56. The van der Waals surface area contributed by atoms with Crippen LogP contribution in [0.2, 0.25) is 0 Å². The number of carbonyl (C=O) groups excluding carboxylic acids is 3. The van der Waals surface area contributed by atoms with Gasteiger partial charge in [-0.25, -0.2) is 19.7 Å². The van der Waals surface area contributed by atoms with Gasteiger partial charge in [0.05, 0.1) is 35.7 Å². The number of esters is 1. The third-order valence-electron chi connectivity index (χ3n) is 9.87. The van der Waals surface area contributed by atoms with Crippen molar-refractivity contribution >= 4 is 51.7 Å². The van der Waals surface area contributed by atoms with E-state index in [9.17, 15) is 14.4 Å². The summed E-state index contributed by atoms with van der Waals surface area (Å²) in [6.07, 6.45) is 4.98. The van der Waals surface area contributed by atoms with E-state index in [1.54, 1.807) is 91.4 Å². The van der Waals surface area contributed by atoms with E-state index in [1.165, 1.54) is 6.07 Å². The van der Waals surface area contributed by atoms with Crippen molar-refractivity contribution in [3.8, 4) is 34.3 Å².